The highest BCUT2D eigenvalue weighted by Gasteiger charge is 2.42. The number of hydrazine groups is 1. The van der Waals surface area contributed by atoms with E-state index in [1.807, 2.05) is 23.9 Å². The number of nitrogens with one attached hydrogen (secondary N) is 1. The molecule has 2 aliphatic rings. The second kappa shape index (κ2) is 6.57. The van der Waals surface area contributed by atoms with Gasteiger partial charge in [-0.2, -0.15) is 11.8 Å². The Hall–Kier alpha value is -0.750. The first-order chi connectivity index (χ1) is 10.3. The number of ether oxygens (including phenoxy) is 2. The van der Waals surface area contributed by atoms with Crippen molar-refractivity contribution in [3.05, 3.63) is 29.8 Å². The predicted molar refractivity (Wildman–Crippen MR) is 86.4 cm³/mol. The van der Waals surface area contributed by atoms with Gasteiger partial charge < -0.3 is 9.47 Å². The van der Waals surface area contributed by atoms with E-state index < -0.39 is 0 Å². The number of hydrogen-bond donors (Lipinski definition) is 2. The molecule has 116 valence electrons. The summed E-state index contributed by atoms with van der Waals surface area (Å²) in [7, 11) is 1.69. The van der Waals surface area contributed by atoms with Crippen LogP contribution in [0.25, 0.3) is 0 Å². The van der Waals surface area contributed by atoms with Crippen molar-refractivity contribution >= 4 is 11.8 Å². The summed E-state index contributed by atoms with van der Waals surface area (Å²) in [5.74, 6) is 9.62. The molecule has 3 atom stereocenters. The van der Waals surface area contributed by atoms with Crippen LogP contribution in [0.15, 0.2) is 24.3 Å². The third kappa shape index (κ3) is 3.21. The molecule has 0 radical (unpaired) electrons. The molecule has 3 N–H and O–H groups in total. The van der Waals surface area contributed by atoms with Crippen LogP contribution in [0.5, 0.6) is 5.75 Å². The third-order valence-electron chi connectivity index (χ3n) is 4.72. The number of methoxy groups -OCH3 is 1. The molecular formula is C16H24N2O2S. The molecule has 2 heterocycles. The summed E-state index contributed by atoms with van der Waals surface area (Å²) in [6, 6.07) is 8.40. The van der Waals surface area contributed by atoms with E-state index in [9.17, 15) is 0 Å². The molecule has 0 bridgehead atoms. The van der Waals surface area contributed by atoms with Gasteiger partial charge in [-0.3, -0.25) is 11.3 Å². The Kier molecular flexibility index (Phi) is 4.74. The topological polar surface area (TPSA) is 56.5 Å². The second-order valence-corrected chi connectivity index (χ2v) is 7.11. The van der Waals surface area contributed by atoms with Crippen LogP contribution in [0.2, 0.25) is 0 Å². The zero-order valence-corrected chi connectivity index (χ0v) is 13.3. The largest absolute Gasteiger partial charge is 0.497 e. The minimum absolute atomic E-state index is 0.0924. The zero-order chi connectivity index (χ0) is 14.7. The smallest absolute Gasteiger partial charge is 0.118 e. The molecule has 21 heavy (non-hydrogen) atoms. The third-order valence-corrected chi connectivity index (χ3v) is 5.95. The first-order valence-electron chi connectivity index (χ1n) is 7.58. The Morgan fingerprint density at radius 1 is 1.43 bits per heavy atom. The maximum Gasteiger partial charge on any atom is 0.118 e. The molecule has 1 aromatic carbocycles. The zero-order valence-electron chi connectivity index (χ0n) is 12.5. The minimum atomic E-state index is 0.0924. The molecule has 3 rings (SSSR count). The van der Waals surface area contributed by atoms with Crippen LogP contribution >= 0.6 is 11.8 Å². The first kappa shape index (κ1) is 15.2. The van der Waals surface area contributed by atoms with Crippen molar-refractivity contribution in [1.29, 1.82) is 0 Å². The van der Waals surface area contributed by atoms with E-state index in [4.69, 9.17) is 15.3 Å². The van der Waals surface area contributed by atoms with Crippen molar-refractivity contribution in [2.24, 2.45) is 11.8 Å². The standard InChI is InChI=1S/C16H24N2O2S/c1-19-14-4-2-12(3-5-14)15(18-17)13-6-8-20-16(10-13)7-9-21-11-16/h2-5,13,15,18H,6-11,17H2,1H3. The normalized spacial score (nSPS) is 30.5. The molecule has 0 amide bonds. The van der Waals surface area contributed by atoms with Crippen molar-refractivity contribution in [3.63, 3.8) is 0 Å². The molecule has 0 aromatic heterocycles. The molecule has 3 unspecified atom stereocenters. The Morgan fingerprint density at radius 3 is 2.86 bits per heavy atom. The van der Waals surface area contributed by atoms with Gasteiger partial charge in [0.25, 0.3) is 0 Å². The van der Waals surface area contributed by atoms with E-state index in [0.717, 1.165) is 31.0 Å². The highest BCUT2D eigenvalue weighted by Crippen LogP contribution is 2.43. The summed E-state index contributed by atoms with van der Waals surface area (Å²) >= 11 is 2.01. The van der Waals surface area contributed by atoms with Gasteiger partial charge in [0.2, 0.25) is 0 Å². The summed E-state index contributed by atoms with van der Waals surface area (Å²) in [6.45, 7) is 0.847. The molecule has 0 saturated carbocycles. The van der Waals surface area contributed by atoms with E-state index >= 15 is 0 Å². The van der Waals surface area contributed by atoms with Crippen molar-refractivity contribution in [1.82, 2.24) is 5.43 Å². The molecule has 0 aliphatic carbocycles. The highest BCUT2D eigenvalue weighted by atomic mass is 32.2. The van der Waals surface area contributed by atoms with E-state index in [-0.39, 0.29) is 11.6 Å². The maximum atomic E-state index is 6.11. The molecule has 2 saturated heterocycles. The lowest BCUT2D eigenvalue weighted by molar-refractivity contribution is -0.0854. The van der Waals surface area contributed by atoms with E-state index in [2.05, 4.69) is 17.6 Å². The van der Waals surface area contributed by atoms with Gasteiger partial charge in [0.15, 0.2) is 0 Å². The molecule has 2 aliphatic heterocycles. The maximum absolute atomic E-state index is 6.11. The molecule has 4 nitrogen and oxygen atoms in total. The van der Waals surface area contributed by atoms with Gasteiger partial charge in [-0.15, -0.1) is 0 Å². The van der Waals surface area contributed by atoms with E-state index in [1.165, 1.54) is 17.7 Å². The van der Waals surface area contributed by atoms with E-state index in [1.54, 1.807) is 7.11 Å². The lowest BCUT2D eigenvalue weighted by atomic mass is 9.79. The van der Waals surface area contributed by atoms with Gasteiger partial charge >= 0.3 is 0 Å². The van der Waals surface area contributed by atoms with Crippen molar-refractivity contribution in [2.45, 2.75) is 30.9 Å². The summed E-state index contributed by atoms with van der Waals surface area (Å²) in [6.07, 6.45) is 3.34. The number of benzene rings is 1. The van der Waals surface area contributed by atoms with Gasteiger partial charge in [-0.1, -0.05) is 12.1 Å². The fraction of sp³-hybridized carbons (Fsp3) is 0.625. The lowest BCUT2D eigenvalue weighted by Gasteiger charge is -2.40. The average molecular weight is 308 g/mol. The van der Waals surface area contributed by atoms with Crippen LogP contribution in [0, 0.1) is 5.92 Å². The predicted octanol–water partition coefficient (Wildman–Crippen LogP) is 2.50. The average Bonchev–Trinajstić information content (AvgIpc) is 2.96. The van der Waals surface area contributed by atoms with Crippen LogP contribution in [0.4, 0.5) is 0 Å². The SMILES string of the molecule is COc1ccc(C(NN)C2CCOC3(CCSC3)C2)cc1. The number of nitrogens with two attached hydrogens (primary N) is 1. The Balaban J connectivity index is 1.75. The summed E-state index contributed by atoms with van der Waals surface area (Å²) in [5.41, 5.74) is 4.35. The molecule has 1 aromatic rings. The summed E-state index contributed by atoms with van der Waals surface area (Å²) in [4.78, 5) is 0. The van der Waals surface area contributed by atoms with Crippen LogP contribution < -0.4 is 16.0 Å². The molecule has 2 fully saturated rings. The van der Waals surface area contributed by atoms with Gasteiger partial charge in [0.05, 0.1) is 12.7 Å². The van der Waals surface area contributed by atoms with Crippen molar-refractivity contribution < 1.29 is 9.47 Å². The molecule has 1 spiro atoms. The summed E-state index contributed by atoms with van der Waals surface area (Å²) in [5, 5.41) is 0. The monoisotopic (exact) mass is 308 g/mol. The van der Waals surface area contributed by atoms with Gasteiger partial charge in [-0.25, -0.2) is 0 Å². The summed E-state index contributed by atoms with van der Waals surface area (Å²) < 4.78 is 11.3. The van der Waals surface area contributed by atoms with Crippen molar-refractivity contribution in [2.75, 3.05) is 25.2 Å². The molecule has 5 heteroatoms. The quantitative estimate of drug-likeness (QED) is 0.661. The number of hydrogen-bond acceptors (Lipinski definition) is 5. The number of rotatable bonds is 4. The fourth-order valence-corrected chi connectivity index (χ4v) is 4.91. The lowest BCUT2D eigenvalue weighted by Crippen LogP contribution is -2.45. The Labute approximate surface area is 130 Å². The highest BCUT2D eigenvalue weighted by molar-refractivity contribution is 7.99. The first-order valence-corrected chi connectivity index (χ1v) is 8.74. The van der Waals surface area contributed by atoms with Crippen LogP contribution in [-0.2, 0) is 4.74 Å². The Morgan fingerprint density at radius 2 is 2.24 bits per heavy atom. The second-order valence-electron chi connectivity index (χ2n) is 6.00. The van der Waals surface area contributed by atoms with Gasteiger partial charge in [0.1, 0.15) is 5.75 Å². The van der Waals surface area contributed by atoms with Crippen molar-refractivity contribution in [3.8, 4) is 5.75 Å². The Bertz CT molecular complexity index is 460. The van der Waals surface area contributed by atoms with E-state index in [0.29, 0.717) is 5.92 Å². The fourth-order valence-electron chi connectivity index (χ4n) is 3.53. The van der Waals surface area contributed by atoms with Crippen LogP contribution in [0.1, 0.15) is 30.9 Å². The van der Waals surface area contributed by atoms with Crippen LogP contribution in [-0.4, -0.2) is 30.8 Å². The van der Waals surface area contributed by atoms with Crippen LogP contribution in [0.3, 0.4) is 0 Å². The molecular weight excluding hydrogens is 284 g/mol. The van der Waals surface area contributed by atoms with Gasteiger partial charge in [-0.05, 0) is 48.6 Å². The minimum Gasteiger partial charge on any atom is -0.497 e. The van der Waals surface area contributed by atoms with Gasteiger partial charge in [0, 0.05) is 18.4 Å². The number of thioether (sulfide) groups is 1.